The standard InChI is InChI=1S/C13H18BrFN2O2/c1-16(2)5-6-17(9-13(18)19)8-10-7-11(15)3-4-12(10)14/h3-4,7H,5-6,8-9H2,1-2H3,(H,18,19). The van der Waals surface area contributed by atoms with E-state index in [1.807, 2.05) is 19.0 Å². The Morgan fingerprint density at radius 1 is 1.37 bits per heavy atom. The monoisotopic (exact) mass is 332 g/mol. The number of aliphatic carboxylic acids is 1. The Labute approximate surface area is 120 Å². The Kier molecular flexibility index (Phi) is 6.41. The van der Waals surface area contributed by atoms with Gasteiger partial charge in [-0.05, 0) is 37.9 Å². The van der Waals surface area contributed by atoms with Gasteiger partial charge in [-0.1, -0.05) is 15.9 Å². The second-order valence-corrected chi connectivity index (χ2v) is 5.50. The van der Waals surface area contributed by atoms with E-state index in [0.717, 1.165) is 16.6 Å². The lowest BCUT2D eigenvalue weighted by Gasteiger charge is -2.22. The van der Waals surface area contributed by atoms with Crippen LogP contribution in [0.4, 0.5) is 4.39 Å². The maximum atomic E-state index is 13.2. The van der Waals surface area contributed by atoms with Crippen LogP contribution in [0.3, 0.4) is 0 Å². The summed E-state index contributed by atoms with van der Waals surface area (Å²) in [5, 5.41) is 8.91. The van der Waals surface area contributed by atoms with Crippen molar-refractivity contribution in [3.05, 3.63) is 34.1 Å². The molecule has 0 saturated heterocycles. The van der Waals surface area contributed by atoms with Gasteiger partial charge in [0.15, 0.2) is 0 Å². The molecule has 0 saturated carbocycles. The molecule has 106 valence electrons. The van der Waals surface area contributed by atoms with E-state index >= 15 is 0 Å². The van der Waals surface area contributed by atoms with Crippen LogP contribution < -0.4 is 0 Å². The molecule has 0 heterocycles. The molecule has 4 nitrogen and oxygen atoms in total. The first-order valence-electron chi connectivity index (χ1n) is 5.91. The Balaban J connectivity index is 2.74. The molecule has 6 heteroatoms. The summed E-state index contributed by atoms with van der Waals surface area (Å²) in [6.45, 7) is 1.71. The molecule has 19 heavy (non-hydrogen) atoms. The van der Waals surface area contributed by atoms with Crippen molar-refractivity contribution in [3.63, 3.8) is 0 Å². The molecule has 0 radical (unpaired) electrons. The zero-order chi connectivity index (χ0) is 14.4. The molecule has 0 unspecified atom stereocenters. The van der Waals surface area contributed by atoms with Gasteiger partial charge in [-0.25, -0.2) is 4.39 Å². The Bertz CT molecular complexity index is 441. The first-order chi connectivity index (χ1) is 8.88. The molecule has 1 aromatic carbocycles. The number of carbonyl (C=O) groups is 1. The number of carboxylic acids is 1. The van der Waals surface area contributed by atoms with Crippen molar-refractivity contribution in [2.75, 3.05) is 33.7 Å². The van der Waals surface area contributed by atoms with Crippen molar-refractivity contribution < 1.29 is 14.3 Å². The van der Waals surface area contributed by atoms with Crippen LogP contribution in [0, 0.1) is 5.82 Å². The highest BCUT2D eigenvalue weighted by molar-refractivity contribution is 9.10. The molecule has 0 amide bonds. The number of halogens is 2. The summed E-state index contributed by atoms with van der Waals surface area (Å²) in [6, 6.07) is 4.43. The van der Waals surface area contributed by atoms with E-state index in [0.29, 0.717) is 13.1 Å². The van der Waals surface area contributed by atoms with Crippen molar-refractivity contribution in [2.24, 2.45) is 0 Å². The zero-order valence-corrected chi connectivity index (χ0v) is 12.7. The third kappa shape index (κ3) is 6.13. The van der Waals surface area contributed by atoms with Crippen molar-refractivity contribution in [1.29, 1.82) is 0 Å². The van der Waals surface area contributed by atoms with E-state index in [9.17, 15) is 9.18 Å². The molecule has 0 aliphatic carbocycles. The smallest absolute Gasteiger partial charge is 0.317 e. The van der Waals surface area contributed by atoms with Crippen LogP contribution in [0.5, 0.6) is 0 Å². The fourth-order valence-corrected chi connectivity index (χ4v) is 2.02. The lowest BCUT2D eigenvalue weighted by Crippen LogP contribution is -2.35. The van der Waals surface area contributed by atoms with Gasteiger partial charge in [0.25, 0.3) is 0 Å². The molecule has 1 N–H and O–H groups in total. The van der Waals surface area contributed by atoms with Crippen molar-refractivity contribution in [2.45, 2.75) is 6.54 Å². The van der Waals surface area contributed by atoms with Crippen LogP contribution in [-0.2, 0) is 11.3 Å². The highest BCUT2D eigenvalue weighted by Crippen LogP contribution is 2.19. The van der Waals surface area contributed by atoms with Gasteiger partial charge in [0.1, 0.15) is 5.82 Å². The van der Waals surface area contributed by atoms with Gasteiger partial charge in [-0.3, -0.25) is 9.69 Å². The molecule has 0 atom stereocenters. The van der Waals surface area contributed by atoms with E-state index in [1.165, 1.54) is 12.1 Å². The zero-order valence-electron chi connectivity index (χ0n) is 11.1. The molecule has 0 bridgehead atoms. The summed E-state index contributed by atoms with van der Waals surface area (Å²) < 4.78 is 14.0. The fourth-order valence-electron chi connectivity index (χ4n) is 1.65. The minimum atomic E-state index is -0.883. The highest BCUT2D eigenvalue weighted by atomic mass is 79.9. The van der Waals surface area contributed by atoms with Crippen LogP contribution in [-0.4, -0.2) is 54.6 Å². The highest BCUT2D eigenvalue weighted by Gasteiger charge is 2.13. The van der Waals surface area contributed by atoms with E-state index in [4.69, 9.17) is 5.11 Å². The Hall–Kier alpha value is -0.980. The van der Waals surface area contributed by atoms with E-state index in [-0.39, 0.29) is 12.4 Å². The second-order valence-electron chi connectivity index (χ2n) is 4.64. The maximum Gasteiger partial charge on any atom is 0.317 e. The SMILES string of the molecule is CN(C)CCN(CC(=O)O)Cc1cc(F)ccc1Br. The van der Waals surface area contributed by atoms with Gasteiger partial charge in [0.05, 0.1) is 6.54 Å². The molecule has 0 aliphatic rings. The topological polar surface area (TPSA) is 43.8 Å². The number of carboxylic acid groups (broad SMARTS) is 1. The van der Waals surface area contributed by atoms with Crippen LogP contribution in [0.2, 0.25) is 0 Å². The number of benzene rings is 1. The van der Waals surface area contributed by atoms with Crippen molar-refractivity contribution in [3.8, 4) is 0 Å². The minimum Gasteiger partial charge on any atom is -0.480 e. The number of hydrogen-bond donors (Lipinski definition) is 1. The average Bonchev–Trinajstić information content (AvgIpc) is 2.30. The summed E-state index contributed by atoms with van der Waals surface area (Å²) in [5.41, 5.74) is 0.750. The fraction of sp³-hybridized carbons (Fsp3) is 0.462. The van der Waals surface area contributed by atoms with Gasteiger partial charge < -0.3 is 10.0 Å². The molecule has 0 aliphatic heterocycles. The van der Waals surface area contributed by atoms with Gasteiger partial charge >= 0.3 is 5.97 Å². The van der Waals surface area contributed by atoms with Gasteiger partial charge in [0.2, 0.25) is 0 Å². The minimum absolute atomic E-state index is 0.0587. The lowest BCUT2D eigenvalue weighted by molar-refractivity contribution is -0.138. The van der Waals surface area contributed by atoms with E-state index < -0.39 is 5.97 Å². The molecular formula is C13H18BrFN2O2. The molecular weight excluding hydrogens is 315 g/mol. The summed E-state index contributed by atoms with van der Waals surface area (Å²) >= 11 is 3.35. The number of rotatable bonds is 7. The van der Waals surface area contributed by atoms with Gasteiger partial charge in [-0.2, -0.15) is 0 Å². The third-order valence-electron chi connectivity index (χ3n) is 2.62. The van der Waals surface area contributed by atoms with Gasteiger partial charge in [-0.15, -0.1) is 0 Å². The van der Waals surface area contributed by atoms with E-state index in [2.05, 4.69) is 15.9 Å². The summed E-state index contributed by atoms with van der Waals surface area (Å²) in [6.07, 6.45) is 0. The number of hydrogen-bond acceptors (Lipinski definition) is 3. The van der Waals surface area contributed by atoms with Crippen LogP contribution in [0.15, 0.2) is 22.7 Å². The first-order valence-corrected chi connectivity index (χ1v) is 6.70. The number of likely N-dealkylation sites (N-methyl/N-ethyl adjacent to an activating group) is 1. The quantitative estimate of drug-likeness (QED) is 0.829. The van der Waals surface area contributed by atoms with Crippen LogP contribution in [0.25, 0.3) is 0 Å². The van der Waals surface area contributed by atoms with Crippen molar-refractivity contribution >= 4 is 21.9 Å². The molecule has 1 aromatic rings. The van der Waals surface area contributed by atoms with Crippen molar-refractivity contribution in [1.82, 2.24) is 9.80 Å². The third-order valence-corrected chi connectivity index (χ3v) is 3.40. The predicted molar refractivity (Wildman–Crippen MR) is 75.6 cm³/mol. The Morgan fingerprint density at radius 3 is 2.63 bits per heavy atom. The second kappa shape index (κ2) is 7.57. The molecule has 0 spiro atoms. The first kappa shape index (κ1) is 16.1. The lowest BCUT2D eigenvalue weighted by atomic mass is 10.2. The number of nitrogens with zero attached hydrogens (tertiary/aromatic N) is 2. The summed E-state index contributed by atoms with van der Waals surface area (Å²) in [4.78, 5) is 14.6. The van der Waals surface area contributed by atoms with E-state index in [1.54, 1.807) is 11.0 Å². The molecule has 0 fully saturated rings. The Morgan fingerprint density at radius 2 is 2.05 bits per heavy atom. The average molecular weight is 333 g/mol. The summed E-state index contributed by atoms with van der Waals surface area (Å²) in [5.74, 6) is -1.20. The van der Waals surface area contributed by atoms with Gasteiger partial charge in [0, 0.05) is 24.1 Å². The van der Waals surface area contributed by atoms with Crippen LogP contribution >= 0.6 is 15.9 Å². The summed E-state index contributed by atoms with van der Waals surface area (Å²) in [7, 11) is 3.86. The maximum absolute atomic E-state index is 13.2. The molecule has 1 rings (SSSR count). The predicted octanol–water partition coefficient (Wildman–Crippen LogP) is 2.04. The largest absolute Gasteiger partial charge is 0.480 e. The van der Waals surface area contributed by atoms with Crippen LogP contribution in [0.1, 0.15) is 5.56 Å². The molecule has 0 aromatic heterocycles. The normalized spacial score (nSPS) is 11.3.